The van der Waals surface area contributed by atoms with Gasteiger partial charge in [-0.3, -0.25) is 0 Å². The van der Waals surface area contributed by atoms with Crippen molar-refractivity contribution in [1.82, 2.24) is 10.6 Å². The summed E-state index contributed by atoms with van der Waals surface area (Å²) in [6.45, 7) is 0.775. The van der Waals surface area contributed by atoms with Crippen LogP contribution in [0.1, 0.15) is 11.1 Å². The topological polar surface area (TPSA) is 70.6 Å². The van der Waals surface area contributed by atoms with Gasteiger partial charge < -0.3 is 20.5 Å². The average Bonchev–Trinajstić information content (AvgIpc) is 2.59. The fraction of sp³-hybridized carbons (Fsp3) is 0.278. The van der Waals surface area contributed by atoms with Crippen LogP contribution in [0.25, 0.3) is 0 Å². The molecule has 0 aromatic heterocycles. The summed E-state index contributed by atoms with van der Waals surface area (Å²) >= 11 is 3.30. The van der Waals surface area contributed by atoms with Crippen molar-refractivity contribution < 1.29 is 19.0 Å². The molecule has 0 saturated heterocycles. The second-order valence-corrected chi connectivity index (χ2v) is 6.34. The van der Waals surface area contributed by atoms with Crippen LogP contribution in [0.15, 0.2) is 40.9 Å². The summed E-state index contributed by atoms with van der Waals surface area (Å²) in [7, 11) is 1.48. The van der Waals surface area contributed by atoms with Crippen molar-refractivity contribution in [2.45, 2.75) is 12.8 Å². The van der Waals surface area contributed by atoms with Crippen molar-refractivity contribution >= 4 is 22.0 Å². The third-order valence-corrected chi connectivity index (χ3v) is 4.12. The van der Waals surface area contributed by atoms with Gasteiger partial charge in [-0.25, -0.2) is 9.18 Å². The number of hydrogen-bond donors (Lipinski definition) is 3. The molecule has 2 rings (SSSR count). The monoisotopic (exact) mass is 410 g/mol. The van der Waals surface area contributed by atoms with Crippen molar-refractivity contribution in [1.29, 1.82) is 0 Å². The van der Waals surface area contributed by atoms with Gasteiger partial charge in [0.15, 0.2) is 11.5 Å². The highest BCUT2D eigenvalue weighted by molar-refractivity contribution is 9.10. The summed E-state index contributed by atoms with van der Waals surface area (Å²) < 4.78 is 19.4. The van der Waals surface area contributed by atoms with Crippen molar-refractivity contribution in [3.8, 4) is 11.5 Å². The van der Waals surface area contributed by atoms with Gasteiger partial charge in [-0.05, 0) is 54.3 Å². The minimum Gasteiger partial charge on any atom is -0.504 e. The van der Waals surface area contributed by atoms with Gasteiger partial charge in [-0.2, -0.15) is 0 Å². The Bertz CT molecular complexity index is 740. The predicted octanol–water partition coefficient (Wildman–Crippen LogP) is 3.39. The van der Waals surface area contributed by atoms with Crippen LogP contribution in [-0.2, 0) is 12.8 Å². The Kier molecular flexibility index (Phi) is 7.06. The molecule has 7 heteroatoms. The molecule has 0 fully saturated rings. The van der Waals surface area contributed by atoms with E-state index in [1.165, 1.54) is 13.2 Å². The standard InChI is InChI=1S/C18H20BrFN2O3/c1-25-17-10-12(2-5-16(17)23)6-8-21-18(24)22-9-7-13-11-14(19)3-4-15(13)20/h2-5,10-11,23H,6-9H2,1H3,(H2,21,22,24). The van der Waals surface area contributed by atoms with E-state index >= 15 is 0 Å². The Morgan fingerprint density at radius 1 is 1.16 bits per heavy atom. The molecule has 0 aliphatic rings. The molecule has 0 spiro atoms. The van der Waals surface area contributed by atoms with E-state index in [1.807, 2.05) is 0 Å². The Morgan fingerprint density at radius 3 is 2.60 bits per heavy atom. The molecule has 0 heterocycles. The molecule has 0 bridgehead atoms. The summed E-state index contributed by atoms with van der Waals surface area (Å²) in [5.41, 5.74) is 1.48. The fourth-order valence-electron chi connectivity index (χ4n) is 2.31. The molecule has 0 aliphatic heterocycles. The van der Waals surface area contributed by atoms with Crippen LogP contribution in [0.3, 0.4) is 0 Å². The van der Waals surface area contributed by atoms with E-state index in [0.29, 0.717) is 37.2 Å². The van der Waals surface area contributed by atoms with E-state index in [0.717, 1.165) is 10.0 Å². The first-order chi connectivity index (χ1) is 12.0. The van der Waals surface area contributed by atoms with E-state index in [9.17, 15) is 14.3 Å². The number of ether oxygens (including phenoxy) is 1. The smallest absolute Gasteiger partial charge is 0.314 e. The number of rotatable bonds is 7. The molecule has 0 saturated carbocycles. The highest BCUT2D eigenvalue weighted by Gasteiger charge is 2.06. The lowest BCUT2D eigenvalue weighted by Gasteiger charge is -2.09. The first-order valence-electron chi connectivity index (χ1n) is 7.81. The summed E-state index contributed by atoms with van der Waals surface area (Å²) in [6, 6.07) is 9.48. The largest absolute Gasteiger partial charge is 0.504 e. The van der Waals surface area contributed by atoms with E-state index in [-0.39, 0.29) is 17.6 Å². The first-order valence-corrected chi connectivity index (χ1v) is 8.60. The Labute approximate surface area is 154 Å². The molecule has 2 amide bonds. The lowest BCUT2D eigenvalue weighted by Crippen LogP contribution is -2.37. The minimum absolute atomic E-state index is 0.0803. The summed E-state index contributed by atoms with van der Waals surface area (Å²) in [5, 5.41) is 15.0. The Hall–Kier alpha value is -2.28. The highest BCUT2D eigenvalue weighted by Crippen LogP contribution is 2.26. The molecule has 0 radical (unpaired) electrons. The van der Waals surface area contributed by atoms with E-state index < -0.39 is 0 Å². The lowest BCUT2D eigenvalue weighted by atomic mass is 10.1. The molecule has 0 atom stereocenters. The van der Waals surface area contributed by atoms with Crippen LogP contribution < -0.4 is 15.4 Å². The van der Waals surface area contributed by atoms with Crippen LogP contribution in [0.5, 0.6) is 11.5 Å². The van der Waals surface area contributed by atoms with E-state index in [4.69, 9.17) is 4.74 Å². The van der Waals surface area contributed by atoms with Crippen LogP contribution in [0.2, 0.25) is 0 Å². The molecular weight excluding hydrogens is 391 g/mol. The fourth-order valence-corrected chi connectivity index (χ4v) is 2.71. The second-order valence-electron chi connectivity index (χ2n) is 5.42. The second kappa shape index (κ2) is 9.27. The number of methoxy groups -OCH3 is 1. The van der Waals surface area contributed by atoms with Gasteiger partial charge in [-0.15, -0.1) is 0 Å². The summed E-state index contributed by atoms with van der Waals surface area (Å²) in [4.78, 5) is 11.8. The number of amides is 2. The maximum Gasteiger partial charge on any atom is 0.314 e. The number of phenolic OH excluding ortho intramolecular Hbond substituents is 1. The van der Waals surface area contributed by atoms with Crippen LogP contribution in [0.4, 0.5) is 9.18 Å². The quantitative estimate of drug-likeness (QED) is 0.654. The van der Waals surface area contributed by atoms with Crippen LogP contribution in [-0.4, -0.2) is 31.3 Å². The van der Waals surface area contributed by atoms with Crippen LogP contribution >= 0.6 is 15.9 Å². The van der Waals surface area contributed by atoms with Gasteiger partial charge in [0.1, 0.15) is 5.82 Å². The van der Waals surface area contributed by atoms with Crippen molar-refractivity contribution in [3.63, 3.8) is 0 Å². The van der Waals surface area contributed by atoms with Gasteiger partial charge in [0, 0.05) is 17.6 Å². The van der Waals surface area contributed by atoms with Crippen molar-refractivity contribution in [3.05, 3.63) is 57.8 Å². The van der Waals surface area contributed by atoms with Crippen LogP contribution in [0, 0.1) is 5.82 Å². The van der Waals surface area contributed by atoms with Gasteiger partial charge >= 0.3 is 6.03 Å². The zero-order chi connectivity index (χ0) is 18.2. The molecule has 2 aromatic rings. The Balaban J connectivity index is 1.71. The van der Waals surface area contributed by atoms with Crippen molar-refractivity contribution in [2.75, 3.05) is 20.2 Å². The maximum absolute atomic E-state index is 13.6. The normalized spacial score (nSPS) is 10.4. The number of aromatic hydroxyl groups is 1. The molecule has 2 aromatic carbocycles. The highest BCUT2D eigenvalue weighted by atomic mass is 79.9. The first kappa shape index (κ1) is 19.1. The zero-order valence-electron chi connectivity index (χ0n) is 13.8. The SMILES string of the molecule is COc1cc(CCNC(=O)NCCc2cc(Br)ccc2F)ccc1O. The molecule has 25 heavy (non-hydrogen) atoms. The number of phenols is 1. The maximum atomic E-state index is 13.6. The predicted molar refractivity (Wildman–Crippen MR) is 97.6 cm³/mol. The number of hydrogen-bond acceptors (Lipinski definition) is 3. The zero-order valence-corrected chi connectivity index (χ0v) is 15.4. The third kappa shape index (κ3) is 5.94. The number of halogens is 2. The molecule has 3 N–H and O–H groups in total. The third-order valence-electron chi connectivity index (χ3n) is 3.63. The van der Waals surface area contributed by atoms with Gasteiger partial charge in [0.25, 0.3) is 0 Å². The molecular formula is C18H20BrFN2O3. The van der Waals surface area contributed by atoms with E-state index in [2.05, 4.69) is 26.6 Å². The number of nitrogens with one attached hydrogen (secondary N) is 2. The number of benzene rings is 2. The Morgan fingerprint density at radius 2 is 1.88 bits per heavy atom. The van der Waals surface area contributed by atoms with Gasteiger partial charge in [0.2, 0.25) is 0 Å². The molecule has 0 unspecified atom stereocenters. The van der Waals surface area contributed by atoms with Crippen molar-refractivity contribution in [2.24, 2.45) is 0 Å². The van der Waals surface area contributed by atoms with E-state index in [1.54, 1.807) is 30.3 Å². The molecule has 134 valence electrons. The molecule has 0 aliphatic carbocycles. The van der Waals surface area contributed by atoms with Gasteiger partial charge in [0.05, 0.1) is 7.11 Å². The summed E-state index contributed by atoms with van der Waals surface area (Å²) in [5.74, 6) is 0.196. The minimum atomic E-state index is -0.304. The number of urea groups is 1. The lowest BCUT2D eigenvalue weighted by molar-refractivity contribution is 0.241. The van der Waals surface area contributed by atoms with Gasteiger partial charge in [-0.1, -0.05) is 22.0 Å². The average molecular weight is 411 g/mol. The molecule has 5 nitrogen and oxygen atoms in total. The number of carbonyl (C=O) groups is 1. The number of carbonyl (C=O) groups excluding carboxylic acids is 1. The summed E-state index contributed by atoms with van der Waals surface area (Å²) in [6.07, 6.45) is 1.01.